The molecule has 0 saturated carbocycles. The van der Waals surface area contributed by atoms with Crippen molar-refractivity contribution in [1.82, 2.24) is 4.98 Å². The summed E-state index contributed by atoms with van der Waals surface area (Å²) in [6.07, 6.45) is 3.13. The van der Waals surface area contributed by atoms with Crippen LogP contribution in [0.25, 0.3) is 0 Å². The van der Waals surface area contributed by atoms with Gasteiger partial charge in [0.05, 0.1) is 10.6 Å². The summed E-state index contributed by atoms with van der Waals surface area (Å²) >= 11 is 3.30. The van der Waals surface area contributed by atoms with E-state index in [1.54, 1.807) is 44.4 Å². The predicted octanol–water partition coefficient (Wildman–Crippen LogP) is 2.95. The predicted molar refractivity (Wildman–Crippen MR) is 87.7 cm³/mol. The molecule has 0 saturated heterocycles. The average molecular weight is 370 g/mol. The quantitative estimate of drug-likeness (QED) is 0.840. The number of hydrogen-bond acceptors (Lipinski definition) is 4. The summed E-state index contributed by atoms with van der Waals surface area (Å²) in [5.41, 5.74) is 7.44. The fourth-order valence-electron chi connectivity index (χ4n) is 2.07. The van der Waals surface area contributed by atoms with Gasteiger partial charge in [-0.15, -0.1) is 0 Å². The van der Waals surface area contributed by atoms with E-state index in [0.29, 0.717) is 28.0 Å². The largest absolute Gasteiger partial charge is 0.398 e. The number of aryl methyl sites for hydroxylation is 1. The van der Waals surface area contributed by atoms with Crippen LogP contribution in [0.2, 0.25) is 0 Å². The smallest absolute Gasteiger partial charge is 0.264 e. The van der Waals surface area contributed by atoms with Gasteiger partial charge in [-0.2, -0.15) is 0 Å². The Morgan fingerprint density at radius 1 is 1.29 bits per heavy atom. The highest BCUT2D eigenvalue weighted by molar-refractivity contribution is 9.10. The molecule has 2 rings (SSSR count). The maximum Gasteiger partial charge on any atom is 0.264 e. The molecule has 0 aliphatic carbocycles. The first-order valence-electron chi connectivity index (χ1n) is 6.36. The number of aromatic nitrogens is 1. The van der Waals surface area contributed by atoms with Crippen LogP contribution in [0.4, 0.5) is 11.4 Å². The van der Waals surface area contributed by atoms with E-state index in [-0.39, 0.29) is 4.90 Å². The van der Waals surface area contributed by atoms with Crippen LogP contribution in [0.3, 0.4) is 0 Å². The lowest BCUT2D eigenvalue weighted by atomic mass is 10.2. The Morgan fingerprint density at radius 3 is 2.48 bits per heavy atom. The summed E-state index contributed by atoms with van der Waals surface area (Å²) in [4.78, 5) is 4.12. The summed E-state index contributed by atoms with van der Waals surface area (Å²) in [5.74, 6) is 0. The van der Waals surface area contributed by atoms with Gasteiger partial charge in [0.1, 0.15) is 0 Å². The van der Waals surface area contributed by atoms with Crippen LogP contribution >= 0.6 is 15.9 Å². The Balaban J connectivity index is 2.58. The third-order valence-corrected chi connectivity index (χ3v) is 5.83. The molecule has 0 unspecified atom stereocenters. The van der Waals surface area contributed by atoms with Crippen molar-refractivity contribution < 1.29 is 8.42 Å². The van der Waals surface area contributed by atoms with E-state index < -0.39 is 10.0 Å². The van der Waals surface area contributed by atoms with E-state index in [4.69, 9.17) is 5.73 Å². The van der Waals surface area contributed by atoms with Crippen LogP contribution in [0.5, 0.6) is 0 Å². The van der Waals surface area contributed by atoms with Crippen molar-refractivity contribution in [3.05, 3.63) is 46.7 Å². The zero-order valence-electron chi connectivity index (χ0n) is 11.7. The first-order chi connectivity index (χ1) is 9.87. The summed E-state index contributed by atoms with van der Waals surface area (Å²) in [5, 5.41) is 0. The number of benzene rings is 1. The first-order valence-corrected chi connectivity index (χ1v) is 8.59. The van der Waals surface area contributed by atoms with Crippen LogP contribution in [0, 0.1) is 6.92 Å². The Kier molecular flexibility index (Phi) is 4.53. The number of anilines is 2. The van der Waals surface area contributed by atoms with E-state index >= 15 is 0 Å². The van der Waals surface area contributed by atoms with Gasteiger partial charge in [0.15, 0.2) is 0 Å². The Morgan fingerprint density at radius 2 is 1.90 bits per heavy atom. The summed E-state index contributed by atoms with van der Waals surface area (Å²) in [6, 6.07) is 6.53. The van der Waals surface area contributed by atoms with Gasteiger partial charge in [0, 0.05) is 29.1 Å². The van der Waals surface area contributed by atoms with Crippen molar-refractivity contribution in [2.75, 3.05) is 16.6 Å². The summed E-state index contributed by atoms with van der Waals surface area (Å²) in [7, 11) is -3.67. The van der Waals surface area contributed by atoms with Crippen molar-refractivity contribution in [2.45, 2.75) is 18.7 Å². The molecule has 0 fully saturated rings. The minimum absolute atomic E-state index is 0.210. The number of pyridine rings is 1. The molecule has 1 heterocycles. The molecule has 0 spiro atoms. The van der Waals surface area contributed by atoms with Crippen LogP contribution in [0.15, 0.2) is 46.0 Å². The van der Waals surface area contributed by atoms with Gasteiger partial charge >= 0.3 is 0 Å². The lowest BCUT2D eigenvalue weighted by molar-refractivity contribution is 0.591. The van der Waals surface area contributed by atoms with Gasteiger partial charge in [-0.25, -0.2) is 8.42 Å². The molecule has 21 heavy (non-hydrogen) atoms. The fraction of sp³-hybridized carbons (Fsp3) is 0.214. The topological polar surface area (TPSA) is 76.3 Å². The molecule has 2 aromatic rings. The van der Waals surface area contributed by atoms with Crippen LogP contribution in [-0.2, 0) is 10.0 Å². The van der Waals surface area contributed by atoms with E-state index in [9.17, 15) is 8.42 Å². The number of hydrogen-bond donors (Lipinski definition) is 1. The molecule has 112 valence electrons. The molecule has 2 N–H and O–H groups in total. The normalized spacial score (nSPS) is 11.4. The molecule has 1 aromatic heterocycles. The van der Waals surface area contributed by atoms with Crippen LogP contribution in [0.1, 0.15) is 12.5 Å². The van der Waals surface area contributed by atoms with Gasteiger partial charge in [0.2, 0.25) is 0 Å². The second-order valence-corrected chi connectivity index (χ2v) is 7.20. The molecule has 0 atom stereocenters. The Bertz CT molecular complexity index is 748. The zero-order chi connectivity index (χ0) is 15.6. The van der Waals surface area contributed by atoms with Crippen molar-refractivity contribution in [3.8, 4) is 0 Å². The summed E-state index contributed by atoms with van der Waals surface area (Å²) in [6.45, 7) is 3.86. The van der Waals surface area contributed by atoms with E-state index in [0.717, 1.165) is 0 Å². The van der Waals surface area contributed by atoms with E-state index in [1.165, 1.54) is 10.4 Å². The molecule has 0 aliphatic rings. The lowest BCUT2D eigenvalue weighted by Crippen LogP contribution is -2.31. The average Bonchev–Trinajstić information content (AvgIpc) is 2.44. The maximum atomic E-state index is 12.9. The molecular weight excluding hydrogens is 354 g/mol. The number of nitrogens with two attached hydrogens (primary N) is 1. The number of halogens is 1. The van der Waals surface area contributed by atoms with Crippen molar-refractivity contribution in [3.63, 3.8) is 0 Å². The van der Waals surface area contributed by atoms with Gasteiger partial charge < -0.3 is 5.73 Å². The minimum Gasteiger partial charge on any atom is -0.398 e. The molecule has 0 aliphatic heterocycles. The molecule has 0 amide bonds. The lowest BCUT2D eigenvalue weighted by Gasteiger charge is -2.24. The standard InChI is InChI=1S/C14H16BrN3O2S/c1-3-18(11-4-6-17-7-5-11)21(19,20)14-9-13(16)12(15)8-10(14)2/h4-9H,3,16H2,1-2H3. The van der Waals surface area contributed by atoms with E-state index in [1.807, 2.05) is 0 Å². The van der Waals surface area contributed by atoms with Gasteiger partial charge in [-0.05, 0) is 59.6 Å². The second-order valence-electron chi connectivity index (χ2n) is 4.51. The molecular formula is C14H16BrN3O2S. The van der Waals surface area contributed by atoms with Gasteiger partial charge in [-0.1, -0.05) is 0 Å². The molecule has 0 radical (unpaired) electrons. The molecule has 5 nitrogen and oxygen atoms in total. The highest BCUT2D eigenvalue weighted by atomic mass is 79.9. The van der Waals surface area contributed by atoms with Crippen molar-refractivity contribution in [1.29, 1.82) is 0 Å². The van der Waals surface area contributed by atoms with Crippen molar-refractivity contribution >= 4 is 37.3 Å². The molecule has 0 bridgehead atoms. The number of nitrogen functional groups attached to an aromatic ring is 1. The van der Waals surface area contributed by atoms with E-state index in [2.05, 4.69) is 20.9 Å². The maximum absolute atomic E-state index is 12.9. The van der Waals surface area contributed by atoms with Crippen LogP contribution in [-0.4, -0.2) is 19.9 Å². The van der Waals surface area contributed by atoms with Gasteiger partial charge in [-0.3, -0.25) is 9.29 Å². The minimum atomic E-state index is -3.67. The number of nitrogens with zero attached hydrogens (tertiary/aromatic N) is 2. The number of rotatable bonds is 4. The highest BCUT2D eigenvalue weighted by Crippen LogP contribution is 2.30. The van der Waals surface area contributed by atoms with Gasteiger partial charge in [0.25, 0.3) is 10.0 Å². The van der Waals surface area contributed by atoms with Crippen molar-refractivity contribution in [2.24, 2.45) is 0 Å². The third kappa shape index (κ3) is 3.03. The second kappa shape index (κ2) is 6.03. The SMILES string of the molecule is CCN(c1ccncc1)S(=O)(=O)c1cc(N)c(Br)cc1C. The molecule has 7 heteroatoms. The Hall–Kier alpha value is -1.60. The monoisotopic (exact) mass is 369 g/mol. The third-order valence-electron chi connectivity index (χ3n) is 3.10. The number of sulfonamides is 1. The first kappa shape index (κ1) is 15.8. The van der Waals surface area contributed by atoms with Crippen LogP contribution < -0.4 is 10.0 Å². The summed E-state index contributed by atoms with van der Waals surface area (Å²) < 4.78 is 27.8. The molecule has 1 aromatic carbocycles. The Labute approximate surface area is 133 Å². The highest BCUT2D eigenvalue weighted by Gasteiger charge is 2.26. The zero-order valence-corrected chi connectivity index (χ0v) is 14.1. The fourth-order valence-corrected chi connectivity index (χ4v) is 4.24.